The van der Waals surface area contributed by atoms with Crippen LogP contribution in [0.4, 0.5) is 5.95 Å². The average Bonchev–Trinajstić information content (AvgIpc) is 3.13. The van der Waals surface area contributed by atoms with Gasteiger partial charge in [-0.15, -0.1) is 0 Å². The molecule has 164 valence electrons. The molecule has 1 heterocycles. The molecule has 1 atom stereocenters. The van der Waals surface area contributed by atoms with E-state index in [0.717, 1.165) is 29.8 Å². The zero-order valence-electron chi connectivity index (χ0n) is 18.1. The van der Waals surface area contributed by atoms with Gasteiger partial charge in [-0.1, -0.05) is 31.2 Å². The van der Waals surface area contributed by atoms with Crippen LogP contribution in [-0.2, 0) is 11.3 Å². The number of methoxy groups -OCH3 is 1. The van der Waals surface area contributed by atoms with Crippen molar-refractivity contribution in [1.29, 1.82) is 0 Å². The predicted molar refractivity (Wildman–Crippen MR) is 126 cm³/mol. The molecule has 2 amide bonds. The van der Waals surface area contributed by atoms with Crippen molar-refractivity contribution in [1.82, 2.24) is 14.9 Å². The lowest BCUT2D eigenvalue weighted by Crippen LogP contribution is -2.44. The molecule has 0 aliphatic rings. The zero-order chi connectivity index (χ0) is 22.2. The number of carbonyl (C=O) groups excluding carboxylic acids is 2. The summed E-state index contributed by atoms with van der Waals surface area (Å²) in [5, 5.41) is 5.80. The van der Waals surface area contributed by atoms with Gasteiger partial charge in [0, 0.05) is 6.54 Å². The number of anilines is 1. The van der Waals surface area contributed by atoms with Crippen LogP contribution in [0, 0.1) is 0 Å². The van der Waals surface area contributed by atoms with Crippen molar-refractivity contribution >= 4 is 40.6 Å². The van der Waals surface area contributed by atoms with Gasteiger partial charge in [-0.05, 0) is 49.1 Å². The number of para-hydroxylation sites is 3. The summed E-state index contributed by atoms with van der Waals surface area (Å²) in [4.78, 5) is 30.6. The van der Waals surface area contributed by atoms with Gasteiger partial charge in [0.05, 0.1) is 23.7 Å². The van der Waals surface area contributed by atoms with Crippen molar-refractivity contribution in [2.24, 2.45) is 0 Å². The Labute approximate surface area is 186 Å². The molecule has 0 saturated heterocycles. The molecule has 7 nitrogen and oxygen atoms in total. The molecule has 3 aromatic rings. The lowest BCUT2D eigenvalue weighted by atomic mass is 10.1. The second-order valence-electron chi connectivity index (χ2n) is 7.07. The van der Waals surface area contributed by atoms with E-state index in [1.807, 2.05) is 35.1 Å². The molecular weight excluding hydrogens is 412 g/mol. The Hall–Kier alpha value is -3.00. The number of amides is 2. The van der Waals surface area contributed by atoms with Gasteiger partial charge in [-0.25, -0.2) is 4.98 Å². The van der Waals surface area contributed by atoms with Crippen LogP contribution in [0.15, 0.2) is 48.5 Å². The normalized spacial score (nSPS) is 11.8. The van der Waals surface area contributed by atoms with Crippen LogP contribution in [0.5, 0.6) is 5.75 Å². The molecule has 2 N–H and O–H groups in total. The highest BCUT2D eigenvalue weighted by Gasteiger charge is 2.24. The number of nitrogens with zero attached hydrogens (tertiary/aromatic N) is 2. The topological polar surface area (TPSA) is 85.2 Å². The smallest absolute Gasteiger partial charge is 0.255 e. The number of aromatic nitrogens is 2. The van der Waals surface area contributed by atoms with Gasteiger partial charge in [0.25, 0.3) is 5.91 Å². The summed E-state index contributed by atoms with van der Waals surface area (Å²) in [5.74, 6) is 1.06. The summed E-state index contributed by atoms with van der Waals surface area (Å²) in [7, 11) is 1.52. The van der Waals surface area contributed by atoms with Crippen LogP contribution in [0.1, 0.15) is 30.1 Å². The number of thioether (sulfide) groups is 1. The van der Waals surface area contributed by atoms with Gasteiger partial charge < -0.3 is 14.6 Å². The number of nitrogens with one attached hydrogen (secondary N) is 2. The lowest BCUT2D eigenvalue weighted by molar-refractivity contribution is -0.118. The maximum absolute atomic E-state index is 13.2. The van der Waals surface area contributed by atoms with E-state index in [4.69, 9.17) is 4.74 Å². The fraction of sp³-hybridized carbons (Fsp3) is 0.348. The first-order valence-corrected chi connectivity index (χ1v) is 11.7. The predicted octanol–water partition coefficient (Wildman–Crippen LogP) is 3.95. The van der Waals surface area contributed by atoms with Gasteiger partial charge in [0.2, 0.25) is 11.9 Å². The third-order valence-electron chi connectivity index (χ3n) is 4.92. The molecule has 0 unspecified atom stereocenters. The molecule has 0 bridgehead atoms. The molecule has 8 heteroatoms. The summed E-state index contributed by atoms with van der Waals surface area (Å²) >= 11 is 1.62. The van der Waals surface area contributed by atoms with E-state index >= 15 is 0 Å². The number of ether oxygens (including phenoxy) is 1. The van der Waals surface area contributed by atoms with Gasteiger partial charge in [-0.3, -0.25) is 14.9 Å². The van der Waals surface area contributed by atoms with E-state index in [-0.39, 0.29) is 11.8 Å². The highest BCUT2D eigenvalue weighted by atomic mass is 32.2. The summed E-state index contributed by atoms with van der Waals surface area (Å²) < 4.78 is 7.28. The monoisotopic (exact) mass is 440 g/mol. The van der Waals surface area contributed by atoms with Crippen molar-refractivity contribution in [3.63, 3.8) is 0 Å². The number of imidazole rings is 1. The first kappa shape index (κ1) is 22.7. The SMILES string of the molecule is CCCn1c(NC(=O)[C@@H](CCSC)NC(=O)c2ccccc2OC)nc2ccccc21. The quantitative estimate of drug-likeness (QED) is 0.499. The van der Waals surface area contributed by atoms with Crippen molar-refractivity contribution in [2.45, 2.75) is 32.4 Å². The van der Waals surface area contributed by atoms with Crippen LogP contribution in [0.3, 0.4) is 0 Å². The molecule has 31 heavy (non-hydrogen) atoms. The molecule has 0 aliphatic heterocycles. The fourth-order valence-corrected chi connectivity index (χ4v) is 3.86. The van der Waals surface area contributed by atoms with Gasteiger partial charge in [-0.2, -0.15) is 11.8 Å². The lowest BCUT2D eigenvalue weighted by Gasteiger charge is -2.19. The standard InChI is InChI=1S/C23H28N4O3S/c1-4-14-27-19-11-7-6-10-17(19)25-23(27)26-22(29)18(13-15-31-3)24-21(28)16-9-5-8-12-20(16)30-2/h5-12,18H,4,13-15H2,1-3H3,(H,24,28)(H,25,26,29)/t18-/m1/s1. The second-order valence-corrected chi connectivity index (χ2v) is 8.06. The van der Waals surface area contributed by atoms with E-state index < -0.39 is 6.04 Å². The molecular formula is C23H28N4O3S. The maximum atomic E-state index is 13.2. The molecule has 2 aromatic carbocycles. The van der Waals surface area contributed by atoms with E-state index in [0.29, 0.717) is 23.7 Å². The fourth-order valence-electron chi connectivity index (χ4n) is 3.39. The van der Waals surface area contributed by atoms with Gasteiger partial charge >= 0.3 is 0 Å². The largest absolute Gasteiger partial charge is 0.496 e. The van der Waals surface area contributed by atoms with Crippen molar-refractivity contribution in [2.75, 3.05) is 24.4 Å². The minimum Gasteiger partial charge on any atom is -0.496 e. The van der Waals surface area contributed by atoms with Gasteiger partial charge in [0.15, 0.2) is 0 Å². The maximum Gasteiger partial charge on any atom is 0.255 e. The Morgan fingerprint density at radius 3 is 2.65 bits per heavy atom. The number of hydrogen-bond donors (Lipinski definition) is 2. The molecule has 3 rings (SSSR count). The summed E-state index contributed by atoms with van der Waals surface area (Å²) in [6, 6.07) is 14.1. The Morgan fingerprint density at radius 2 is 1.90 bits per heavy atom. The number of carbonyl (C=O) groups is 2. The van der Waals surface area contributed by atoms with Crippen molar-refractivity contribution < 1.29 is 14.3 Å². The minimum absolute atomic E-state index is 0.287. The van der Waals surface area contributed by atoms with Crippen LogP contribution >= 0.6 is 11.8 Å². The van der Waals surface area contributed by atoms with Gasteiger partial charge in [0.1, 0.15) is 11.8 Å². The van der Waals surface area contributed by atoms with E-state index in [1.54, 1.807) is 36.0 Å². The van der Waals surface area contributed by atoms with E-state index in [1.165, 1.54) is 7.11 Å². The molecule has 0 aliphatic carbocycles. The molecule has 0 saturated carbocycles. The summed E-state index contributed by atoms with van der Waals surface area (Å²) in [6.45, 7) is 2.81. The summed E-state index contributed by atoms with van der Waals surface area (Å²) in [5.41, 5.74) is 2.19. The average molecular weight is 441 g/mol. The number of rotatable bonds is 10. The van der Waals surface area contributed by atoms with E-state index in [9.17, 15) is 9.59 Å². The number of hydrogen-bond acceptors (Lipinski definition) is 5. The van der Waals surface area contributed by atoms with Crippen molar-refractivity contribution in [3.8, 4) is 5.75 Å². The third kappa shape index (κ3) is 5.38. The molecule has 0 fully saturated rings. The molecule has 0 spiro atoms. The number of benzene rings is 2. The number of fused-ring (bicyclic) bond motifs is 1. The van der Waals surface area contributed by atoms with E-state index in [2.05, 4.69) is 22.5 Å². The first-order chi connectivity index (χ1) is 15.1. The van der Waals surface area contributed by atoms with Crippen LogP contribution in [0.25, 0.3) is 11.0 Å². The zero-order valence-corrected chi connectivity index (χ0v) is 18.9. The summed E-state index contributed by atoms with van der Waals surface area (Å²) in [6.07, 6.45) is 3.38. The first-order valence-electron chi connectivity index (χ1n) is 10.3. The van der Waals surface area contributed by atoms with Crippen LogP contribution < -0.4 is 15.4 Å². The Balaban J connectivity index is 1.82. The Bertz CT molecular complexity index is 1050. The number of aryl methyl sites for hydroxylation is 1. The minimum atomic E-state index is -0.695. The Kier molecular flexibility index (Phi) is 7.94. The second kappa shape index (κ2) is 10.9. The third-order valence-corrected chi connectivity index (χ3v) is 5.56. The molecule has 0 radical (unpaired) electrons. The van der Waals surface area contributed by atoms with Crippen LogP contribution in [0.2, 0.25) is 0 Å². The highest BCUT2D eigenvalue weighted by molar-refractivity contribution is 7.98. The Morgan fingerprint density at radius 1 is 1.16 bits per heavy atom. The molecule has 1 aromatic heterocycles. The van der Waals surface area contributed by atoms with Crippen LogP contribution in [-0.4, -0.2) is 46.5 Å². The highest BCUT2D eigenvalue weighted by Crippen LogP contribution is 2.21. The van der Waals surface area contributed by atoms with Crippen molar-refractivity contribution in [3.05, 3.63) is 54.1 Å².